The predicted molar refractivity (Wildman–Crippen MR) is 168 cm³/mol. The molecule has 216 valence electrons. The highest BCUT2D eigenvalue weighted by Gasteiger charge is 2.32. The molecule has 0 aromatic heterocycles. The van der Waals surface area contributed by atoms with Crippen molar-refractivity contribution in [2.75, 3.05) is 19.6 Å². The maximum absolute atomic E-state index is 13.8. The largest absolute Gasteiger partial charge is 0.508 e. The zero-order valence-electron chi connectivity index (χ0n) is 23.0. The molecule has 0 aliphatic rings. The maximum Gasteiger partial charge on any atom is 0.323 e. The van der Waals surface area contributed by atoms with Crippen molar-refractivity contribution in [1.29, 1.82) is 0 Å². The number of ether oxygens (including phenoxy) is 3. The lowest BCUT2D eigenvalue weighted by atomic mass is 9.96. The van der Waals surface area contributed by atoms with Crippen molar-refractivity contribution in [3.05, 3.63) is 54.2 Å². The first kappa shape index (κ1) is 33.8. The van der Waals surface area contributed by atoms with E-state index in [0.717, 1.165) is 23.8 Å². The van der Waals surface area contributed by atoms with Crippen molar-refractivity contribution in [1.82, 2.24) is 10.2 Å². The van der Waals surface area contributed by atoms with Gasteiger partial charge in [0.25, 0.3) is 0 Å². The molecule has 0 bridgehead atoms. The third kappa shape index (κ3) is 10.2. The zero-order valence-corrected chi connectivity index (χ0v) is 28.3. The van der Waals surface area contributed by atoms with Crippen LogP contribution in [0.3, 0.4) is 0 Å². The summed E-state index contributed by atoms with van der Waals surface area (Å²) in [5.74, 6) is -0.131. The Morgan fingerprint density at radius 2 is 1.44 bits per heavy atom. The van der Waals surface area contributed by atoms with Gasteiger partial charge in [0.1, 0.15) is 23.6 Å². The lowest BCUT2D eigenvalue weighted by Gasteiger charge is -2.26. The Kier molecular flexibility index (Phi) is 13.5. The topological polar surface area (TPSA) is 123 Å². The number of carbonyl (C=O) groups excluding carboxylic acids is 2. The summed E-state index contributed by atoms with van der Waals surface area (Å²) in [6.45, 7) is 10.9. The van der Waals surface area contributed by atoms with Crippen molar-refractivity contribution in [2.24, 2.45) is 0 Å². The van der Waals surface area contributed by atoms with E-state index in [1.807, 2.05) is 38.1 Å². The van der Waals surface area contributed by atoms with Gasteiger partial charge in [0, 0.05) is 7.14 Å². The number of carbonyl (C=O) groups is 2. The number of benzene rings is 2. The van der Waals surface area contributed by atoms with Crippen LogP contribution in [-0.2, 0) is 30.0 Å². The van der Waals surface area contributed by atoms with Crippen molar-refractivity contribution >= 4 is 64.6 Å². The first-order valence-electron chi connectivity index (χ1n) is 12.7. The summed E-state index contributed by atoms with van der Waals surface area (Å²) < 4.78 is 31.8. The summed E-state index contributed by atoms with van der Waals surface area (Å²) in [4.78, 5) is 24.4. The number of halogens is 2. The van der Waals surface area contributed by atoms with Crippen LogP contribution in [0.5, 0.6) is 11.5 Å². The van der Waals surface area contributed by atoms with Gasteiger partial charge in [-0.2, -0.15) is 0 Å². The Morgan fingerprint density at radius 1 is 0.923 bits per heavy atom. The van der Waals surface area contributed by atoms with Crippen LogP contribution in [-0.4, -0.2) is 48.7 Å². The highest BCUT2D eigenvalue weighted by molar-refractivity contribution is 14.1. The lowest BCUT2D eigenvalue weighted by Crippen LogP contribution is -2.43. The van der Waals surface area contributed by atoms with Gasteiger partial charge in [-0.3, -0.25) is 14.2 Å². The molecule has 0 heterocycles. The summed E-state index contributed by atoms with van der Waals surface area (Å²) in [5, 5.41) is 15.7. The highest BCUT2D eigenvalue weighted by Crippen LogP contribution is 2.39. The van der Waals surface area contributed by atoms with Crippen molar-refractivity contribution in [3.8, 4) is 11.5 Å². The fraction of sp³-hybridized carbons (Fsp3) is 0.481. The molecule has 2 rings (SSSR count). The third-order valence-corrected chi connectivity index (χ3v) is 9.73. The second-order valence-corrected chi connectivity index (χ2v) is 13.9. The Hall–Kier alpha value is -1.41. The Balaban J connectivity index is 2.25. The van der Waals surface area contributed by atoms with Gasteiger partial charge in [-0.05, 0) is 120 Å². The van der Waals surface area contributed by atoms with E-state index in [4.69, 9.17) is 14.2 Å². The number of rotatable bonds is 14. The van der Waals surface area contributed by atoms with Crippen molar-refractivity contribution in [2.45, 2.75) is 66.0 Å². The normalized spacial score (nSPS) is 13.2. The molecule has 3 N–H and O–H groups in total. The highest BCUT2D eigenvalue weighted by atomic mass is 127. The average molecular weight is 786 g/mol. The molecule has 9 nitrogen and oxygen atoms in total. The van der Waals surface area contributed by atoms with Gasteiger partial charge in [0.15, 0.2) is 6.35 Å². The molecule has 2 aromatic rings. The minimum Gasteiger partial charge on any atom is -0.508 e. The molecule has 0 saturated carbocycles. The van der Waals surface area contributed by atoms with E-state index in [9.17, 15) is 19.3 Å². The quantitative estimate of drug-likeness (QED) is 0.122. The van der Waals surface area contributed by atoms with Crippen LogP contribution < -0.4 is 14.9 Å². The van der Waals surface area contributed by atoms with Crippen LogP contribution in [0.2, 0.25) is 0 Å². The number of esters is 2. The molecule has 0 amide bonds. The molecule has 0 radical (unpaired) electrons. The fourth-order valence-corrected chi connectivity index (χ4v) is 7.86. The Labute approximate surface area is 257 Å². The van der Waals surface area contributed by atoms with Crippen LogP contribution in [0, 0.1) is 7.14 Å². The number of hydrogen-bond donors (Lipinski definition) is 3. The van der Waals surface area contributed by atoms with Gasteiger partial charge in [-0.15, -0.1) is 0 Å². The fourth-order valence-electron chi connectivity index (χ4n) is 3.76. The van der Waals surface area contributed by atoms with Crippen LogP contribution in [0.1, 0.15) is 64.2 Å². The van der Waals surface area contributed by atoms with E-state index in [1.54, 1.807) is 19.9 Å². The number of phenols is 1. The van der Waals surface area contributed by atoms with Gasteiger partial charge in [-0.25, -0.2) is 10.2 Å². The van der Waals surface area contributed by atoms with Crippen molar-refractivity contribution < 1.29 is 33.5 Å². The number of nitrogens with one attached hydrogen (secondary N) is 2. The third-order valence-electron chi connectivity index (χ3n) is 5.71. The molecule has 0 spiro atoms. The second kappa shape index (κ2) is 15.6. The van der Waals surface area contributed by atoms with E-state index in [1.165, 1.54) is 13.8 Å². The minimum atomic E-state index is -3.62. The molecule has 12 heteroatoms. The van der Waals surface area contributed by atoms with Crippen molar-refractivity contribution in [3.63, 3.8) is 0 Å². The summed E-state index contributed by atoms with van der Waals surface area (Å²) in [5.41, 5.74) is 3.09. The Morgan fingerprint density at radius 3 is 1.90 bits per heavy atom. The van der Waals surface area contributed by atoms with Gasteiger partial charge in [0.05, 0.1) is 13.2 Å². The van der Waals surface area contributed by atoms with E-state index in [2.05, 4.69) is 55.4 Å². The average Bonchev–Trinajstić information content (AvgIpc) is 2.86. The lowest BCUT2D eigenvalue weighted by molar-refractivity contribution is -0.145. The second-order valence-electron chi connectivity index (χ2n) is 9.31. The molecule has 0 fully saturated rings. The molecule has 0 aliphatic carbocycles. The number of hydrogen-bond acceptors (Lipinski definition) is 7. The molecular weight excluding hydrogens is 749 g/mol. The van der Waals surface area contributed by atoms with Gasteiger partial charge in [0.2, 0.25) is 7.44 Å². The Bertz CT molecular complexity index is 1160. The molecule has 0 aliphatic heterocycles. The van der Waals surface area contributed by atoms with Crippen LogP contribution >= 0.6 is 52.6 Å². The smallest absolute Gasteiger partial charge is 0.323 e. The summed E-state index contributed by atoms with van der Waals surface area (Å²) in [6, 6.07) is 7.59. The zero-order chi connectivity index (χ0) is 29.3. The molecule has 39 heavy (non-hydrogen) atoms. The van der Waals surface area contributed by atoms with Gasteiger partial charge in [-0.1, -0.05) is 26.0 Å². The van der Waals surface area contributed by atoms with Crippen LogP contribution in [0.25, 0.3) is 0 Å². The van der Waals surface area contributed by atoms with E-state index in [-0.39, 0.29) is 25.5 Å². The SMILES string of the molecule is CCOC(=O)[C@H](C)NP(=O)(COc1cc(I)c(Cc2ccc(O)c(C(C)C)c2)c(I)c1)N[C@@H](C)C(=O)OCC. The standard InChI is InChI=1S/C27H37I2N2O7P/c1-7-36-26(33)17(5)30-39(35,31-18(6)27(34)37-8-2)15-38-20-13-23(28)22(24(29)14-20)12-19-9-10-25(32)21(11-19)16(3)4/h9-11,13-14,16-18,32H,7-8,12,15H2,1-6H3,(H2,30,31,35)/t17-,18-/m0/s1. The summed E-state index contributed by atoms with van der Waals surface area (Å²) in [6.07, 6.45) is 0.355. The molecule has 2 aromatic carbocycles. The molecular formula is C27H37I2N2O7P. The first-order valence-corrected chi connectivity index (χ1v) is 16.8. The maximum atomic E-state index is 13.8. The van der Waals surface area contributed by atoms with E-state index >= 15 is 0 Å². The summed E-state index contributed by atoms with van der Waals surface area (Å²) >= 11 is 4.49. The minimum absolute atomic E-state index is 0.185. The van der Waals surface area contributed by atoms with E-state index in [0.29, 0.717) is 17.9 Å². The summed E-state index contributed by atoms with van der Waals surface area (Å²) in [7, 11) is -3.62. The van der Waals surface area contributed by atoms with Gasteiger partial charge >= 0.3 is 11.9 Å². The van der Waals surface area contributed by atoms with Gasteiger partial charge < -0.3 is 19.3 Å². The van der Waals surface area contributed by atoms with Crippen LogP contribution in [0.4, 0.5) is 0 Å². The van der Waals surface area contributed by atoms with Crippen LogP contribution in [0.15, 0.2) is 30.3 Å². The predicted octanol–water partition coefficient (Wildman–Crippen LogP) is 5.93. The molecule has 2 atom stereocenters. The first-order chi connectivity index (χ1) is 18.3. The monoisotopic (exact) mass is 786 g/mol. The number of phenolic OH excluding ortho intramolecular Hbond substituents is 1. The molecule has 0 unspecified atom stereocenters. The number of aromatic hydroxyl groups is 1. The molecule has 0 saturated heterocycles. The van der Waals surface area contributed by atoms with E-state index < -0.39 is 31.5 Å².